The predicted octanol–water partition coefficient (Wildman–Crippen LogP) is 3.44. The number of nitrogens with zero attached hydrogens (tertiary/aromatic N) is 5. The van der Waals surface area contributed by atoms with Crippen LogP contribution in [0.1, 0.15) is 31.9 Å². The van der Waals surface area contributed by atoms with Crippen molar-refractivity contribution in [3.8, 4) is 11.1 Å². The van der Waals surface area contributed by atoms with Crippen LogP contribution in [0.25, 0.3) is 27.8 Å². The number of aromatic nitrogens is 5. The van der Waals surface area contributed by atoms with Gasteiger partial charge in [0.15, 0.2) is 11.2 Å². The van der Waals surface area contributed by atoms with Crippen molar-refractivity contribution in [2.45, 2.75) is 39.3 Å². The molecule has 0 aliphatic heterocycles. The second-order valence-electron chi connectivity index (χ2n) is 6.81. The van der Waals surface area contributed by atoms with Crippen molar-refractivity contribution in [3.63, 3.8) is 0 Å². The summed E-state index contributed by atoms with van der Waals surface area (Å²) in [5, 5.41) is 13.3. The van der Waals surface area contributed by atoms with E-state index in [9.17, 15) is 4.79 Å². The lowest BCUT2D eigenvalue weighted by atomic mass is 10.1. The molecule has 3 aromatic heterocycles. The van der Waals surface area contributed by atoms with Gasteiger partial charge in [-0.1, -0.05) is 50.1 Å². The number of unbranched alkanes of at least 4 members (excludes halogenated alkanes) is 2. The van der Waals surface area contributed by atoms with Gasteiger partial charge in [-0.15, -0.1) is 10.2 Å². The highest BCUT2D eigenvalue weighted by atomic mass is 16.5. The monoisotopic (exact) mass is 377 g/mol. The molecule has 0 unspecified atom stereocenters. The van der Waals surface area contributed by atoms with Gasteiger partial charge in [-0.3, -0.25) is 4.79 Å². The van der Waals surface area contributed by atoms with Crippen LogP contribution in [0.2, 0.25) is 0 Å². The summed E-state index contributed by atoms with van der Waals surface area (Å²) in [5.41, 5.74) is 4.11. The molecule has 0 aliphatic rings. The van der Waals surface area contributed by atoms with E-state index in [2.05, 4.69) is 17.1 Å². The van der Waals surface area contributed by atoms with E-state index < -0.39 is 0 Å². The Hall–Kier alpha value is -3.06. The van der Waals surface area contributed by atoms with Crippen molar-refractivity contribution in [2.24, 2.45) is 0 Å². The molecule has 0 radical (unpaired) electrons. The number of hydrogen-bond donors (Lipinski definition) is 0. The van der Waals surface area contributed by atoms with Crippen LogP contribution in [0.4, 0.5) is 0 Å². The first-order chi connectivity index (χ1) is 13.7. The Balaban J connectivity index is 1.91. The number of ether oxygens (including phenoxy) is 1. The number of methoxy groups -OCH3 is 1. The van der Waals surface area contributed by atoms with Crippen LogP contribution in [0.5, 0.6) is 0 Å². The summed E-state index contributed by atoms with van der Waals surface area (Å²) in [4.78, 5) is 12.8. The molecule has 0 N–H and O–H groups in total. The number of aryl methyl sites for hydroxylation is 1. The summed E-state index contributed by atoms with van der Waals surface area (Å²) in [6.07, 6.45) is 4.99. The number of rotatable bonds is 7. The van der Waals surface area contributed by atoms with Crippen LogP contribution >= 0.6 is 0 Å². The van der Waals surface area contributed by atoms with Gasteiger partial charge < -0.3 is 9.30 Å². The maximum absolute atomic E-state index is 12.8. The van der Waals surface area contributed by atoms with E-state index >= 15 is 0 Å². The lowest BCUT2D eigenvalue weighted by molar-refractivity contribution is 0.181. The summed E-state index contributed by atoms with van der Waals surface area (Å²) < 4.78 is 8.75. The first kappa shape index (κ1) is 18.3. The molecule has 144 valence electrons. The Labute approximate surface area is 162 Å². The van der Waals surface area contributed by atoms with E-state index in [1.54, 1.807) is 16.2 Å². The average Bonchev–Trinajstić information content (AvgIpc) is 3.09. The van der Waals surface area contributed by atoms with Gasteiger partial charge in [0.1, 0.15) is 5.52 Å². The van der Waals surface area contributed by atoms with E-state index in [0.717, 1.165) is 36.1 Å². The standard InChI is InChI=1S/C21H23N5O2/c1-3-4-8-12-25-13-11-17-19(21(25)27)22-23-20-18(15-9-6-5-7-10-15)16(14-28-2)24-26(17)20/h5-7,9-11,13H,3-4,8,12,14H2,1-2H3. The molecule has 0 fully saturated rings. The van der Waals surface area contributed by atoms with Crippen molar-refractivity contribution >= 4 is 16.7 Å². The molecule has 0 atom stereocenters. The Morgan fingerprint density at radius 2 is 1.89 bits per heavy atom. The van der Waals surface area contributed by atoms with Crippen molar-refractivity contribution in [1.29, 1.82) is 0 Å². The van der Waals surface area contributed by atoms with Gasteiger partial charge in [-0.2, -0.15) is 5.10 Å². The topological polar surface area (TPSA) is 74.3 Å². The Kier molecular flexibility index (Phi) is 5.16. The summed E-state index contributed by atoms with van der Waals surface area (Å²) in [6.45, 7) is 3.18. The van der Waals surface area contributed by atoms with Gasteiger partial charge >= 0.3 is 0 Å². The molecular weight excluding hydrogens is 354 g/mol. The van der Waals surface area contributed by atoms with Crippen LogP contribution < -0.4 is 5.56 Å². The third-order valence-electron chi connectivity index (χ3n) is 4.87. The van der Waals surface area contributed by atoms with E-state index in [1.807, 2.05) is 42.6 Å². The fraction of sp³-hybridized carbons (Fsp3) is 0.333. The Morgan fingerprint density at radius 3 is 2.64 bits per heavy atom. The SMILES string of the molecule is CCCCCn1ccc2c(nnc3c(-c4ccccc4)c(COC)nn32)c1=O. The second kappa shape index (κ2) is 7.90. The number of pyridine rings is 1. The van der Waals surface area contributed by atoms with Crippen LogP contribution in [0.3, 0.4) is 0 Å². The minimum absolute atomic E-state index is 0.131. The molecule has 3 heterocycles. The quantitative estimate of drug-likeness (QED) is 0.461. The van der Waals surface area contributed by atoms with Gasteiger partial charge in [0.25, 0.3) is 5.56 Å². The molecule has 0 aliphatic carbocycles. The maximum atomic E-state index is 12.8. The molecule has 4 rings (SSSR count). The molecule has 0 saturated heterocycles. The lowest BCUT2D eigenvalue weighted by Gasteiger charge is -2.07. The van der Waals surface area contributed by atoms with Crippen molar-refractivity contribution in [1.82, 2.24) is 24.4 Å². The van der Waals surface area contributed by atoms with E-state index in [4.69, 9.17) is 9.84 Å². The van der Waals surface area contributed by atoms with Gasteiger partial charge in [-0.05, 0) is 18.1 Å². The first-order valence-electron chi connectivity index (χ1n) is 9.56. The normalized spacial score (nSPS) is 11.5. The highest BCUT2D eigenvalue weighted by molar-refractivity contribution is 5.84. The first-order valence-corrected chi connectivity index (χ1v) is 9.56. The second-order valence-corrected chi connectivity index (χ2v) is 6.81. The van der Waals surface area contributed by atoms with E-state index in [-0.39, 0.29) is 5.56 Å². The molecule has 0 bridgehead atoms. The Morgan fingerprint density at radius 1 is 1.07 bits per heavy atom. The molecule has 4 aromatic rings. The Bertz CT molecular complexity index is 1160. The van der Waals surface area contributed by atoms with Gasteiger partial charge in [-0.25, -0.2) is 4.52 Å². The highest BCUT2D eigenvalue weighted by Gasteiger charge is 2.19. The zero-order valence-corrected chi connectivity index (χ0v) is 16.1. The molecule has 1 aromatic carbocycles. The van der Waals surface area contributed by atoms with Crippen LogP contribution in [-0.4, -0.2) is 31.5 Å². The average molecular weight is 377 g/mol. The highest BCUT2D eigenvalue weighted by Crippen LogP contribution is 2.28. The fourth-order valence-electron chi connectivity index (χ4n) is 3.47. The molecule has 7 heteroatoms. The molecule has 0 spiro atoms. The van der Waals surface area contributed by atoms with Gasteiger partial charge in [0, 0.05) is 19.9 Å². The van der Waals surface area contributed by atoms with Crippen molar-refractivity contribution < 1.29 is 4.74 Å². The predicted molar refractivity (Wildman–Crippen MR) is 108 cm³/mol. The molecule has 7 nitrogen and oxygen atoms in total. The van der Waals surface area contributed by atoms with E-state index in [1.165, 1.54) is 0 Å². The number of benzene rings is 1. The zero-order chi connectivity index (χ0) is 19.5. The lowest BCUT2D eigenvalue weighted by Crippen LogP contribution is -2.21. The fourth-order valence-corrected chi connectivity index (χ4v) is 3.47. The molecular formula is C21H23N5O2. The van der Waals surface area contributed by atoms with Crippen LogP contribution in [0.15, 0.2) is 47.4 Å². The number of fused-ring (bicyclic) bond motifs is 3. The maximum Gasteiger partial charge on any atom is 0.280 e. The molecule has 0 saturated carbocycles. The van der Waals surface area contributed by atoms with Crippen LogP contribution in [-0.2, 0) is 17.9 Å². The third-order valence-corrected chi connectivity index (χ3v) is 4.87. The number of hydrogen-bond acceptors (Lipinski definition) is 5. The van der Waals surface area contributed by atoms with Gasteiger partial charge in [0.2, 0.25) is 0 Å². The summed E-state index contributed by atoms with van der Waals surface area (Å²) in [7, 11) is 1.64. The van der Waals surface area contributed by atoms with Gasteiger partial charge in [0.05, 0.1) is 17.9 Å². The van der Waals surface area contributed by atoms with Crippen LogP contribution in [0, 0.1) is 0 Å². The van der Waals surface area contributed by atoms with Crippen molar-refractivity contribution in [3.05, 3.63) is 58.6 Å². The zero-order valence-electron chi connectivity index (χ0n) is 16.1. The molecule has 28 heavy (non-hydrogen) atoms. The van der Waals surface area contributed by atoms with E-state index in [0.29, 0.717) is 29.8 Å². The minimum atomic E-state index is -0.131. The third kappa shape index (κ3) is 3.18. The molecule has 0 amide bonds. The summed E-state index contributed by atoms with van der Waals surface area (Å²) >= 11 is 0. The largest absolute Gasteiger partial charge is 0.378 e. The minimum Gasteiger partial charge on any atom is -0.378 e. The smallest absolute Gasteiger partial charge is 0.280 e. The summed E-state index contributed by atoms with van der Waals surface area (Å²) in [5.74, 6) is 0. The summed E-state index contributed by atoms with van der Waals surface area (Å²) in [6, 6.07) is 11.8. The van der Waals surface area contributed by atoms with Crippen molar-refractivity contribution in [2.75, 3.05) is 7.11 Å².